The molecule has 1 atom stereocenters. The molecule has 4 nitrogen and oxygen atoms in total. The smallest absolute Gasteiger partial charge is 0.237 e. The molecule has 0 rings (SSSR count). The lowest BCUT2D eigenvalue weighted by Crippen LogP contribution is -2.57. The summed E-state index contributed by atoms with van der Waals surface area (Å²) in [7, 11) is 1.65. The summed E-state index contributed by atoms with van der Waals surface area (Å²) >= 11 is 0. The zero-order chi connectivity index (χ0) is 11.4. The van der Waals surface area contributed by atoms with Gasteiger partial charge in [0.1, 0.15) is 0 Å². The lowest BCUT2D eigenvalue weighted by molar-refractivity contribution is -0.123. The first-order valence-electron chi connectivity index (χ1n) is 4.87. The highest BCUT2D eigenvalue weighted by Gasteiger charge is 2.28. The van der Waals surface area contributed by atoms with Crippen molar-refractivity contribution in [1.29, 1.82) is 0 Å². The van der Waals surface area contributed by atoms with Gasteiger partial charge in [0.05, 0.1) is 12.1 Å². The minimum absolute atomic E-state index is 0.141. The fourth-order valence-electron chi connectivity index (χ4n) is 1.11. The van der Waals surface area contributed by atoms with E-state index in [2.05, 4.69) is 19.2 Å². The van der Waals surface area contributed by atoms with Gasteiger partial charge in [-0.25, -0.2) is 0 Å². The Labute approximate surface area is 86.2 Å². The predicted molar refractivity (Wildman–Crippen MR) is 56.9 cm³/mol. The van der Waals surface area contributed by atoms with Crippen LogP contribution in [0.2, 0.25) is 0 Å². The summed E-state index contributed by atoms with van der Waals surface area (Å²) in [6, 6.07) is 0.141. The van der Waals surface area contributed by atoms with Crippen molar-refractivity contribution in [2.24, 2.45) is 11.7 Å². The zero-order valence-corrected chi connectivity index (χ0v) is 9.76. The molecule has 0 bridgehead atoms. The van der Waals surface area contributed by atoms with Crippen LogP contribution in [0.5, 0.6) is 0 Å². The second kappa shape index (κ2) is 5.32. The van der Waals surface area contributed by atoms with Gasteiger partial charge in [-0.1, -0.05) is 13.8 Å². The SMILES string of the molecule is COCC(NC(C)(C)C(N)=O)C(C)C. The summed E-state index contributed by atoms with van der Waals surface area (Å²) in [4.78, 5) is 11.1. The molecule has 0 aliphatic rings. The van der Waals surface area contributed by atoms with Gasteiger partial charge < -0.3 is 10.5 Å². The van der Waals surface area contributed by atoms with Gasteiger partial charge in [0.15, 0.2) is 0 Å². The molecule has 0 aromatic heterocycles. The molecule has 0 heterocycles. The number of hydrogen-bond donors (Lipinski definition) is 2. The maximum absolute atomic E-state index is 11.1. The Hall–Kier alpha value is -0.610. The van der Waals surface area contributed by atoms with Crippen molar-refractivity contribution in [3.8, 4) is 0 Å². The fourth-order valence-corrected chi connectivity index (χ4v) is 1.11. The van der Waals surface area contributed by atoms with Crippen molar-refractivity contribution in [3.05, 3.63) is 0 Å². The lowest BCUT2D eigenvalue weighted by atomic mass is 9.98. The van der Waals surface area contributed by atoms with Crippen molar-refractivity contribution < 1.29 is 9.53 Å². The highest BCUT2D eigenvalue weighted by molar-refractivity contribution is 5.83. The fraction of sp³-hybridized carbons (Fsp3) is 0.900. The Morgan fingerprint density at radius 1 is 1.50 bits per heavy atom. The van der Waals surface area contributed by atoms with Crippen LogP contribution in [0.3, 0.4) is 0 Å². The molecule has 0 fully saturated rings. The number of nitrogens with one attached hydrogen (secondary N) is 1. The maximum Gasteiger partial charge on any atom is 0.237 e. The van der Waals surface area contributed by atoms with Gasteiger partial charge >= 0.3 is 0 Å². The second-order valence-electron chi connectivity index (χ2n) is 4.44. The first-order valence-corrected chi connectivity index (χ1v) is 4.87. The number of carbonyl (C=O) groups is 1. The molecule has 84 valence electrons. The molecule has 0 saturated carbocycles. The third kappa shape index (κ3) is 4.07. The minimum atomic E-state index is -0.687. The number of carbonyl (C=O) groups excluding carboxylic acids is 1. The molecule has 3 N–H and O–H groups in total. The van der Waals surface area contributed by atoms with Gasteiger partial charge in [-0.15, -0.1) is 0 Å². The summed E-state index contributed by atoms with van der Waals surface area (Å²) in [6.45, 7) is 8.29. The molecule has 0 aromatic rings. The monoisotopic (exact) mass is 202 g/mol. The summed E-state index contributed by atoms with van der Waals surface area (Å²) in [5, 5.41) is 3.19. The van der Waals surface area contributed by atoms with E-state index in [0.29, 0.717) is 12.5 Å². The average Bonchev–Trinajstić information content (AvgIpc) is 2.02. The van der Waals surface area contributed by atoms with Gasteiger partial charge in [0.25, 0.3) is 0 Å². The molecule has 0 radical (unpaired) electrons. The molecule has 4 heteroatoms. The molecule has 14 heavy (non-hydrogen) atoms. The lowest BCUT2D eigenvalue weighted by Gasteiger charge is -2.31. The van der Waals surface area contributed by atoms with Gasteiger partial charge in [0.2, 0.25) is 5.91 Å². The van der Waals surface area contributed by atoms with Gasteiger partial charge in [-0.2, -0.15) is 0 Å². The summed E-state index contributed by atoms with van der Waals surface area (Å²) in [6.07, 6.45) is 0. The van der Waals surface area contributed by atoms with Crippen LogP contribution >= 0.6 is 0 Å². The molecule has 1 amide bonds. The number of ether oxygens (including phenoxy) is 1. The largest absolute Gasteiger partial charge is 0.383 e. The van der Waals surface area contributed by atoms with E-state index in [1.54, 1.807) is 21.0 Å². The topological polar surface area (TPSA) is 64.3 Å². The Balaban J connectivity index is 4.35. The van der Waals surface area contributed by atoms with Crippen LogP contribution in [0.15, 0.2) is 0 Å². The second-order valence-corrected chi connectivity index (χ2v) is 4.44. The van der Waals surface area contributed by atoms with E-state index in [-0.39, 0.29) is 11.9 Å². The van der Waals surface area contributed by atoms with Crippen LogP contribution < -0.4 is 11.1 Å². The zero-order valence-electron chi connectivity index (χ0n) is 9.76. The molecule has 0 aliphatic carbocycles. The number of methoxy groups -OCH3 is 1. The standard InChI is InChI=1S/C10H22N2O2/c1-7(2)8(6-14-5)12-10(3,4)9(11)13/h7-8,12H,6H2,1-5H3,(H2,11,13). The third-order valence-electron chi connectivity index (χ3n) is 2.31. The highest BCUT2D eigenvalue weighted by atomic mass is 16.5. The quantitative estimate of drug-likeness (QED) is 0.659. The van der Waals surface area contributed by atoms with Crippen LogP contribution in [0.1, 0.15) is 27.7 Å². The molecule has 1 unspecified atom stereocenters. The minimum Gasteiger partial charge on any atom is -0.383 e. The summed E-state index contributed by atoms with van der Waals surface area (Å²) in [5.74, 6) is 0.0489. The van der Waals surface area contributed by atoms with Crippen molar-refractivity contribution in [2.75, 3.05) is 13.7 Å². The van der Waals surface area contributed by atoms with Gasteiger partial charge in [0, 0.05) is 13.2 Å². The molecular formula is C10H22N2O2. The van der Waals surface area contributed by atoms with Crippen molar-refractivity contribution in [1.82, 2.24) is 5.32 Å². The summed E-state index contributed by atoms with van der Waals surface area (Å²) in [5.41, 5.74) is 4.59. The van der Waals surface area contributed by atoms with E-state index in [1.807, 2.05) is 0 Å². The van der Waals surface area contributed by atoms with Crippen molar-refractivity contribution >= 4 is 5.91 Å². The average molecular weight is 202 g/mol. The van der Waals surface area contributed by atoms with Crippen molar-refractivity contribution in [3.63, 3.8) is 0 Å². The number of primary amides is 1. The van der Waals surface area contributed by atoms with Crippen molar-refractivity contribution in [2.45, 2.75) is 39.3 Å². The number of rotatable bonds is 6. The predicted octanol–water partition coefficient (Wildman–Crippen LogP) is 0.511. The van der Waals surface area contributed by atoms with Crippen LogP contribution in [0.25, 0.3) is 0 Å². The van der Waals surface area contributed by atoms with Crippen LogP contribution in [-0.2, 0) is 9.53 Å². The van der Waals surface area contributed by atoms with Gasteiger partial charge in [-0.3, -0.25) is 10.1 Å². The third-order valence-corrected chi connectivity index (χ3v) is 2.31. The highest BCUT2D eigenvalue weighted by Crippen LogP contribution is 2.09. The Kier molecular flexibility index (Phi) is 5.08. The van der Waals surface area contributed by atoms with E-state index in [9.17, 15) is 4.79 Å². The Bertz CT molecular complexity index is 191. The first kappa shape index (κ1) is 13.4. The Morgan fingerprint density at radius 3 is 2.29 bits per heavy atom. The van der Waals surface area contributed by atoms with E-state index in [4.69, 9.17) is 10.5 Å². The number of hydrogen-bond acceptors (Lipinski definition) is 3. The molecular weight excluding hydrogens is 180 g/mol. The van der Waals surface area contributed by atoms with Crippen LogP contribution in [0.4, 0.5) is 0 Å². The van der Waals surface area contributed by atoms with E-state index >= 15 is 0 Å². The van der Waals surface area contributed by atoms with E-state index < -0.39 is 5.54 Å². The van der Waals surface area contributed by atoms with E-state index in [0.717, 1.165) is 0 Å². The molecule has 0 aliphatic heterocycles. The van der Waals surface area contributed by atoms with Crippen LogP contribution in [0, 0.1) is 5.92 Å². The molecule has 0 spiro atoms. The van der Waals surface area contributed by atoms with Crippen LogP contribution in [-0.4, -0.2) is 31.2 Å². The molecule has 0 aromatic carbocycles. The molecule has 0 saturated heterocycles. The normalized spacial score (nSPS) is 14.4. The summed E-state index contributed by atoms with van der Waals surface area (Å²) < 4.78 is 5.08. The Morgan fingerprint density at radius 2 is 2.00 bits per heavy atom. The maximum atomic E-state index is 11.1. The van der Waals surface area contributed by atoms with E-state index in [1.165, 1.54) is 0 Å². The first-order chi connectivity index (χ1) is 6.31. The number of nitrogens with two attached hydrogens (primary N) is 1. The number of amides is 1. The van der Waals surface area contributed by atoms with Gasteiger partial charge in [-0.05, 0) is 19.8 Å².